The molecule has 0 spiro atoms. The van der Waals surface area contributed by atoms with Crippen LogP contribution in [-0.2, 0) is 60.5 Å². The van der Waals surface area contributed by atoms with Gasteiger partial charge in [0.1, 0.15) is 42.1 Å². The van der Waals surface area contributed by atoms with Crippen LogP contribution in [0.4, 0.5) is 5.69 Å². The summed E-state index contributed by atoms with van der Waals surface area (Å²) in [7, 11) is 3.42. The Kier molecular flexibility index (Phi) is 18.3. The number of anilines is 1. The average molecular weight is 990 g/mol. The van der Waals surface area contributed by atoms with Crippen molar-refractivity contribution in [2.75, 3.05) is 39.2 Å². The van der Waals surface area contributed by atoms with Crippen LogP contribution in [0.3, 0.4) is 0 Å². The third kappa shape index (κ3) is 12.6. The minimum Gasteiger partial charge on any atom is -0.492 e. The number of esters is 1. The minimum absolute atomic E-state index is 0.0105. The molecule has 0 unspecified atom stereocenters. The number of rotatable bonds is 15. The third-order valence-electron chi connectivity index (χ3n) is 15.2. The first kappa shape index (κ1) is 55.6. The zero-order valence-electron chi connectivity index (χ0n) is 43.0. The second-order valence-corrected chi connectivity index (χ2v) is 20.8. The summed E-state index contributed by atoms with van der Waals surface area (Å²) in [5.41, 5.74) is -2.90. The van der Waals surface area contributed by atoms with Gasteiger partial charge in [0.25, 0.3) is 0 Å². The third-order valence-corrected chi connectivity index (χ3v) is 15.2. The minimum atomic E-state index is -1.99. The number of ether oxygens (including phenoxy) is 8. The van der Waals surface area contributed by atoms with Gasteiger partial charge in [0.2, 0.25) is 5.91 Å². The van der Waals surface area contributed by atoms with Crippen molar-refractivity contribution < 1.29 is 72.7 Å². The molecule has 4 aliphatic heterocycles. The Morgan fingerprint density at radius 2 is 1.74 bits per heavy atom. The highest BCUT2D eigenvalue weighted by Crippen LogP contribution is 2.44. The number of fused-ring (bicyclic) bond motifs is 2. The van der Waals surface area contributed by atoms with E-state index in [2.05, 4.69) is 15.6 Å². The average Bonchev–Trinajstić information content (AvgIpc) is 3.95. The van der Waals surface area contributed by atoms with E-state index in [4.69, 9.17) is 37.9 Å². The number of Topliss-reactive ketones (excluding diaryl/α,β-unsaturated/α-hetero) is 1. The summed E-state index contributed by atoms with van der Waals surface area (Å²) < 4.78 is 52.5. The van der Waals surface area contributed by atoms with E-state index in [0.717, 1.165) is 5.69 Å². The van der Waals surface area contributed by atoms with Gasteiger partial charge in [0, 0.05) is 75.2 Å². The lowest BCUT2D eigenvalue weighted by Gasteiger charge is -2.49. The lowest BCUT2D eigenvalue weighted by atomic mass is 9.75. The molecule has 1 amide bonds. The van der Waals surface area contributed by atoms with Crippen molar-refractivity contribution in [3.8, 4) is 5.75 Å². The van der Waals surface area contributed by atoms with Gasteiger partial charge in [-0.15, -0.1) is 5.10 Å². The number of likely N-dealkylation sites (N-methyl/N-ethyl adjacent to an activating group) is 1. The van der Waals surface area contributed by atoms with E-state index in [0.29, 0.717) is 44.0 Å². The largest absolute Gasteiger partial charge is 0.492 e. The molecule has 6 rings (SSSR count). The molecular weight excluding hydrogens is 911 g/mol. The Labute approximate surface area is 411 Å². The fourth-order valence-electron chi connectivity index (χ4n) is 10.8. The van der Waals surface area contributed by atoms with Crippen LogP contribution in [0.15, 0.2) is 30.5 Å². The van der Waals surface area contributed by atoms with E-state index in [1.165, 1.54) is 21.0 Å². The maximum Gasteiger partial charge on any atom is 0.311 e. The normalized spacial score (nSPS) is 39.9. The number of nitrogens with one attached hydrogen (secondary N) is 1. The van der Waals surface area contributed by atoms with Crippen LogP contribution >= 0.6 is 0 Å². The number of cyclic esters (lactones) is 1. The molecule has 2 aromatic rings. The number of amides is 1. The molecule has 0 radical (unpaired) electrons. The zero-order chi connectivity index (χ0) is 51.5. The number of aromatic nitrogens is 3. The molecule has 4 aliphatic rings. The van der Waals surface area contributed by atoms with Gasteiger partial charge in [0.05, 0.1) is 66.5 Å². The first-order valence-corrected chi connectivity index (χ1v) is 24.8. The molecule has 1 aromatic heterocycles. The van der Waals surface area contributed by atoms with E-state index in [1.807, 2.05) is 45.0 Å². The van der Waals surface area contributed by atoms with Gasteiger partial charge in [-0.05, 0) is 80.0 Å². The number of benzene rings is 1. The second-order valence-electron chi connectivity index (χ2n) is 20.8. The molecule has 394 valence electrons. The van der Waals surface area contributed by atoms with Crippen molar-refractivity contribution in [2.45, 2.75) is 192 Å². The number of hydrogen-bond donors (Lipinski definition) is 5. The van der Waals surface area contributed by atoms with E-state index in [9.17, 15) is 34.8 Å². The van der Waals surface area contributed by atoms with E-state index < -0.39 is 108 Å². The molecule has 5 heterocycles. The predicted octanol–water partition coefficient (Wildman–Crippen LogP) is 3.05. The highest BCUT2D eigenvalue weighted by atomic mass is 16.7. The Morgan fingerprint density at radius 3 is 2.43 bits per heavy atom. The maximum atomic E-state index is 14.4. The van der Waals surface area contributed by atoms with Crippen molar-refractivity contribution in [2.24, 2.45) is 23.7 Å². The molecule has 5 N–H and O–H groups in total. The van der Waals surface area contributed by atoms with Crippen LogP contribution in [-0.4, -0.2) is 176 Å². The lowest BCUT2D eigenvalue weighted by molar-refractivity contribution is -0.317. The highest BCUT2D eigenvalue weighted by molar-refractivity contribution is 5.88. The molecule has 4 saturated heterocycles. The summed E-state index contributed by atoms with van der Waals surface area (Å²) in [4.78, 5) is 42.1. The van der Waals surface area contributed by atoms with Gasteiger partial charge in [-0.25, -0.2) is 4.68 Å². The summed E-state index contributed by atoms with van der Waals surface area (Å²) in [6, 6.07) is 6.72. The van der Waals surface area contributed by atoms with Crippen LogP contribution in [0.1, 0.15) is 101 Å². The van der Waals surface area contributed by atoms with Crippen molar-refractivity contribution in [3.63, 3.8) is 0 Å². The molecule has 0 saturated carbocycles. The summed E-state index contributed by atoms with van der Waals surface area (Å²) in [5, 5.41) is 58.0. The Balaban J connectivity index is 1.23. The van der Waals surface area contributed by atoms with Gasteiger partial charge in [-0.3, -0.25) is 14.4 Å². The lowest BCUT2D eigenvalue weighted by Crippen LogP contribution is -2.61. The van der Waals surface area contributed by atoms with Crippen molar-refractivity contribution in [3.05, 3.63) is 36.2 Å². The number of methoxy groups -OCH3 is 1. The number of ketones is 1. The van der Waals surface area contributed by atoms with E-state index in [-0.39, 0.29) is 43.7 Å². The smallest absolute Gasteiger partial charge is 0.311 e. The fourth-order valence-corrected chi connectivity index (χ4v) is 10.8. The number of aliphatic hydroxyl groups excluding tert-OH is 3. The van der Waals surface area contributed by atoms with Crippen LogP contribution in [0, 0.1) is 23.7 Å². The van der Waals surface area contributed by atoms with Gasteiger partial charge < -0.3 is 68.5 Å². The van der Waals surface area contributed by atoms with Crippen molar-refractivity contribution in [1.29, 1.82) is 0 Å². The monoisotopic (exact) mass is 990 g/mol. The van der Waals surface area contributed by atoms with Crippen LogP contribution in [0.5, 0.6) is 5.75 Å². The molecular formula is C50H79N5O15. The molecule has 20 nitrogen and oxygen atoms in total. The number of nitrogens with zero attached hydrogens (tertiary/aromatic N) is 4. The first-order chi connectivity index (χ1) is 32.9. The Morgan fingerprint density at radius 1 is 1.01 bits per heavy atom. The Hall–Kier alpha value is -3.67. The van der Waals surface area contributed by atoms with Crippen LogP contribution in [0.25, 0.3) is 0 Å². The summed E-state index contributed by atoms with van der Waals surface area (Å²) in [6.07, 6.45) is -6.97. The first-order valence-electron chi connectivity index (χ1n) is 24.8. The number of carbonyl (C=O) groups is 3. The quantitative estimate of drug-likeness (QED) is 0.161. The van der Waals surface area contributed by atoms with Gasteiger partial charge in [-0.2, -0.15) is 0 Å². The van der Waals surface area contributed by atoms with Crippen LogP contribution in [0.2, 0.25) is 0 Å². The van der Waals surface area contributed by atoms with Crippen LogP contribution < -0.4 is 10.1 Å². The predicted molar refractivity (Wildman–Crippen MR) is 253 cm³/mol. The van der Waals surface area contributed by atoms with E-state index >= 15 is 0 Å². The topological polar surface area (TPSA) is 252 Å². The molecule has 4 fully saturated rings. The van der Waals surface area contributed by atoms with Gasteiger partial charge in [0.15, 0.2) is 12.6 Å². The standard InChI is InChI=1S/C50H79N5O15/c1-13-38-50(10,62)43(59)28(3)40(57)33-23-49(9,65-26-33)45(29(4)42(30(5)46(61)68-38)69-39-24-48(8,63-12)44(60)31(6)67-39)70-47-41(58)37(21-27(2)66-47)54(11)18-17-35-25-55(53-52-35)19-20-64-36-16-14-15-34(22-36)51-32(7)56/h14-16,22,25,27-31,33,37-39,41-45,47,58-60,62H,13,17-21,23-24,26H2,1-12H3,(H,51,56)/t27-,28+,29+,30-,31+,33+,37+,38-,39+,41-,42+,43-,44+,45-,47+,48-,49-,50-/m1/s1. The van der Waals surface area contributed by atoms with Crippen molar-refractivity contribution in [1.82, 2.24) is 19.9 Å². The number of aliphatic hydroxyl groups is 4. The molecule has 2 bridgehead atoms. The second kappa shape index (κ2) is 23.0. The molecule has 20 heteroatoms. The number of carbonyl (C=O) groups excluding carboxylic acids is 3. The number of hydrogen-bond acceptors (Lipinski definition) is 18. The SMILES string of the molecule is CC[C@H]1OC(=O)[C@H](C)[C@@H](O[C@H]2C[C@@](C)(OC)[C@@H](O)[C@H](C)O2)[C@H](C)[C@@H](O[C@@H]2O[C@H](C)C[C@H](N(C)CCc3cn(CCOc4cccc(NC(C)=O)c4)nn3)[C@H]2O)[C@@]2(C)C[C@@H](CO2)C(=O)[C@H](C)[C@@H](O)[C@]1(C)O. The summed E-state index contributed by atoms with van der Waals surface area (Å²) >= 11 is 0. The molecule has 70 heavy (non-hydrogen) atoms. The molecule has 1 aromatic carbocycles. The summed E-state index contributed by atoms with van der Waals surface area (Å²) in [6.45, 7) is 18.0. The van der Waals surface area contributed by atoms with Gasteiger partial charge in [-0.1, -0.05) is 32.1 Å². The zero-order valence-corrected chi connectivity index (χ0v) is 43.0. The van der Waals surface area contributed by atoms with Gasteiger partial charge >= 0.3 is 5.97 Å². The maximum absolute atomic E-state index is 14.4. The molecule has 0 aliphatic carbocycles. The molecule has 18 atom stereocenters. The van der Waals surface area contributed by atoms with Crippen molar-refractivity contribution >= 4 is 23.3 Å². The summed E-state index contributed by atoms with van der Waals surface area (Å²) in [5.74, 6) is -4.16. The Bertz CT molecular complexity index is 2080. The van der Waals surface area contributed by atoms with E-state index in [1.54, 1.807) is 57.5 Å². The fraction of sp³-hybridized carbons (Fsp3) is 0.780. The highest BCUT2D eigenvalue weighted by Gasteiger charge is 2.56.